The van der Waals surface area contributed by atoms with Crippen molar-refractivity contribution < 1.29 is 18.7 Å². The average molecular weight is 209 g/mol. The van der Waals surface area contributed by atoms with E-state index in [1.807, 2.05) is 0 Å². The number of rotatable bonds is 2. The van der Waals surface area contributed by atoms with E-state index in [2.05, 4.69) is 9.47 Å². The molecule has 0 saturated carbocycles. The monoisotopic (exact) mass is 209 g/mol. The Hall–Kier alpha value is -2.09. The number of esters is 1. The zero-order valence-electron chi connectivity index (χ0n) is 8.20. The number of carbonyl (C=O) groups is 1. The molecule has 78 valence electrons. The van der Waals surface area contributed by atoms with Crippen molar-refractivity contribution in [2.75, 3.05) is 7.11 Å². The second-order valence-corrected chi connectivity index (χ2v) is 2.73. The number of halogens is 1. The molecule has 0 saturated heterocycles. The highest BCUT2D eigenvalue weighted by Crippen LogP contribution is 2.25. The van der Waals surface area contributed by atoms with Crippen molar-refractivity contribution in [3.63, 3.8) is 0 Å². The van der Waals surface area contributed by atoms with E-state index in [0.29, 0.717) is 0 Å². The highest BCUT2D eigenvalue weighted by Gasteiger charge is 2.19. The number of nitrogens with zero attached hydrogens (tertiary/aromatic N) is 1. The topological polar surface area (TPSA) is 59.3 Å². The van der Waals surface area contributed by atoms with Gasteiger partial charge in [0.05, 0.1) is 7.11 Å². The number of hydrogen-bond acceptors (Lipinski definition) is 4. The van der Waals surface area contributed by atoms with Gasteiger partial charge < -0.3 is 9.47 Å². The van der Waals surface area contributed by atoms with Gasteiger partial charge in [-0.2, -0.15) is 0 Å². The first kappa shape index (κ1) is 11.0. The second kappa shape index (κ2) is 4.42. The van der Waals surface area contributed by atoms with Crippen LogP contribution in [0.15, 0.2) is 12.1 Å². The fraction of sp³-hybridized carbons (Fsp3) is 0.200. The molecule has 0 amide bonds. The molecule has 0 radical (unpaired) electrons. The summed E-state index contributed by atoms with van der Waals surface area (Å²) < 4.78 is 22.1. The van der Waals surface area contributed by atoms with Crippen LogP contribution in [0.4, 0.5) is 4.39 Å². The first-order chi connectivity index (χ1) is 7.11. The lowest BCUT2D eigenvalue weighted by Gasteiger charge is -2.08. The van der Waals surface area contributed by atoms with Crippen LogP contribution in [0, 0.1) is 24.3 Å². The number of hydrogen-bond donors (Lipinski definition) is 0. The molecule has 1 aromatic rings. The Balaban J connectivity index is 3.36. The van der Waals surface area contributed by atoms with Crippen LogP contribution in [-0.2, 0) is 4.74 Å². The van der Waals surface area contributed by atoms with E-state index in [1.54, 1.807) is 0 Å². The van der Waals surface area contributed by atoms with Gasteiger partial charge in [-0.25, -0.2) is 9.18 Å². The number of carbonyl (C=O) groups excluding carboxylic acids is 1. The molecule has 0 aromatic heterocycles. The van der Waals surface area contributed by atoms with Gasteiger partial charge >= 0.3 is 5.97 Å². The van der Waals surface area contributed by atoms with Crippen molar-refractivity contribution in [3.05, 3.63) is 29.1 Å². The van der Waals surface area contributed by atoms with E-state index in [9.17, 15) is 9.18 Å². The van der Waals surface area contributed by atoms with Crippen molar-refractivity contribution >= 4 is 5.97 Å². The van der Waals surface area contributed by atoms with Gasteiger partial charge in [0, 0.05) is 5.56 Å². The molecule has 0 unspecified atom stereocenters. The van der Waals surface area contributed by atoms with Gasteiger partial charge in [0.15, 0.2) is 5.75 Å². The lowest BCUT2D eigenvalue weighted by atomic mass is 10.1. The van der Waals surface area contributed by atoms with Gasteiger partial charge in [0.1, 0.15) is 11.4 Å². The fourth-order valence-corrected chi connectivity index (χ4v) is 1.15. The SMILES string of the molecule is COC(=O)c1c(OC#N)ccc(F)c1C. The number of benzene rings is 1. The summed E-state index contributed by atoms with van der Waals surface area (Å²) in [6.45, 7) is 1.41. The van der Waals surface area contributed by atoms with Gasteiger partial charge in [0.25, 0.3) is 6.26 Å². The summed E-state index contributed by atoms with van der Waals surface area (Å²) in [5.74, 6) is -1.30. The Bertz CT molecular complexity index is 437. The summed E-state index contributed by atoms with van der Waals surface area (Å²) in [5.41, 5.74) is 0.0219. The standard InChI is InChI=1S/C10H8FNO3/c1-6-7(11)3-4-8(15-5-12)9(6)10(13)14-2/h3-4H,1-2H3. The molecule has 0 aliphatic heterocycles. The van der Waals surface area contributed by atoms with E-state index in [-0.39, 0.29) is 16.9 Å². The normalized spacial score (nSPS) is 9.20. The van der Waals surface area contributed by atoms with Gasteiger partial charge in [-0.3, -0.25) is 0 Å². The molecule has 0 atom stereocenters. The van der Waals surface area contributed by atoms with Gasteiger partial charge in [-0.15, -0.1) is 5.26 Å². The Morgan fingerprint density at radius 3 is 2.73 bits per heavy atom. The minimum atomic E-state index is -0.739. The maximum absolute atomic E-state index is 13.1. The van der Waals surface area contributed by atoms with Gasteiger partial charge in [-0.1, -0.05) is 0 Å². The molecule has 4 nitrogen and oxygen atoms in total. The smallest absolute Gasteiger partial charge is 0.342 e. The van der Waals surface area contributed by atoms with Crippen LogP contribution >= 0.6 is 0 Å². The van der Waals surface area contributed by atoms with Crippen molar-refractivity contribution in [2.45, 2.75) is 6.92 Å². The molecule has 0 spiro atoms. The lowest BCUT2D eigenvalue weighted by molar-refractivity contribution is 0.0596. The van der Waals surface area contributed by atoms with Crippen LogP contribution in [0.1, 0.15) is 15.9 Å². The molecular weight excluding hydrogens is 201 g/mol. The molecule has 1 aromatic carbocycles. The average Bonchev–Trinajstić information content (AvgIpc) is 2.23. The molecule has 0 N–H and O–H groups in total. The van der Waals surface area contributed by atoms with Crippen LogP contribution in [0.2, 0.25) is 0 Å². The van der Waals surface area contributed by atoms with Crippen LogP contribution < -0.4 is 4.74 Å². The Kier molecular flexibility index (Phi) is 3.24. The van der Waals surface area contributed by atoms with E-state index in [4.69, 9.17) is 5.26 Å². The fourth-order valence-electron chi connectivity index (χ4n) is 1.15. The van der Waals surface area contributed by atoms with E-state index >= 15 is 0 Å². The minimum absolute atomic E-state index is 0.0109. The summed E-state index contributed by atoms with van der Waals surface area (Å²) in [6, 6.07) is 2.33. The van der Waals surface area contributed by atoms with Crippen LogP contribution in [-0.4, -0.2) is 13.1 Å². The number of ether oxygens (including phenoxy) is 2. The molecular formula is C10H8FNO3. The Morgan fingerprint density at radius 1 is 1.53 bits per heavy atom. The first-order valence-electron chi connectivity index (χ1n) is 4.05. The molecule has 5 heteroatoms. The quantitative estimate of drug-likeness (QED) is 0.550. The van der Waals surface area contributed by atoms with Gasteiger partial charge in [-0.05, 0) is 19.1 Å². The van der Waals surface area contributed by atoms with Crippen LogP contribution in [0.3, 0.4) is 0 Å². The maximum atomic E-state index is 13.1. The van der Waals surface area contributed by atoms with Crippen LogP contribution in [0.5, 0.6) is 5.75 Å². The third-order valence-electron chi connectivity index (χ3n) is 1.91. The highest BCUT2D eigenvalue weighted by molar-refractivity contribution is 5.94. The summed E-state index contributed by atoms with van der Waals surface area (Å²) in [6.07, 6.45) is 1.42. The Morgan fingerprint density at radius 2 is 2.20 bits per heavy atom. The molecule has 1 rings (SSSR count). The van der Waals surface area contributed by atoms with Crippen molar-refractivity contribution in [2.24, 2.45) is 0 Å². The molecule has 0 aliphatic rings. The van der Waals surface area contributed by atoms with Crippen molar-refractivity contribution in [1.29, 1.82) is 5.26 Å². The number of nitriles is 1. The third kappa shape index (κ3) is 2.05. The predicted octanol–water partition coefficient (Wildman–Crippen LogP) is 1.78. The van der Waals surface area contributed by atoms with E-state index in [1.165, 1.54) is 26.4 Å². The zero-order chi connectivity index (χ0) is 11.4. The third-order valence-corrected chi connectivity index (χ3v) is 1.91. The molecule has 0 heterocycles. The maximum Gasteiger partial charge on any atom is 0.342 e. The van der Waals surface area contributed by atoms with Gasteiger partial charge in [0.2, 0.25) is 0 Å². The summed E-state index contributed by atoms with van der Waals surface area (Å²) >= 11 is 0. The summed E-state index contributed by atoms with van der Waals surface area (Å²) in [4.78, 5) is 11.3. The molecule has 0 fully saturated rings. The first-order valence-corrected chi connectivity index (χ1v) is 4.05. The molecule has 0 bridgehead atoms. The summed E-state index contributed by atoms with van der Waals surface area (Å²) in [5, 5.41) is 8.34. The second-order valence-electron chi connectivity index (χ2n) is 2.73. The highest BCUT2D eigenvalue weighted by atomic mass is 19.1. The predicted molar refractivity (Wildman–Crippen MR) is 48.7 cm³/mol. The molecule has 0 aliphatic carbocycles. The van der Waals surface area contributed by atoms with Crippen LogP contribution in [0.25, 0.3) is 0 Å². The summed E-state index contributed by atoms with van der Waals surface area (Å²) in [7, 11) is 1.17. The minimum Gasteiger partial charge on any atom is -0.465 e. The molecule has 15 heavy (non-hydrogen) atoms. The Labute approximate surface area is 85.8 Å². The lowest BCUT2D eigenvalue weighted by Crippen LogP contribution is -2.07. The van der Waals surface area contributed by atoms with Crippen molar-refractivity contribution in [1.82, 2.24) is 0 Å². The van der Waals surface area contributed by atoms with Crippen molar-refractivity contribution in [3.8, 4) is 12.0 Å². The largest absolute Gasteiger partial charge is 0.465 e. The van der Waals surface area contributed by atoms with E-state index < -0.39 is 11.8 Å². The zero-order valence-corrected chi connectivity index (χ0v) is 8.20. The van der Waals surface area contributed by atoms with E-state index in [0.717, 1.165) is 6.07 Å². The number of methoxy groups -OCH3 is 1.